The summed E-state index contributed by atoms with van der Waals surface area (Å²) in [5, 5.41) is 0. The lowest BCUT2D eigenvalue weighted by Gasteiger charge is -2.45. The SMILES string of the molecule is CC(=O)OC[C@H]1O[C@@H](O[C@]2(C)O[C@H]3O[C@H](COC(C)=O)[C@@H](OC(C)=O)[C@H](OC(C)=O)[C@H]3O2)[C@H](OC(C)=O)[C@@H](OC(C)=O)[C@@H]1OC(C)=O. The van der Waals surface area contributed by atoms with Crippen LogP contribution in [0.2, 0.25) is 0 Å². The third kappa shape index (κ3) is 10.3. The van der Waals surface area contributed by atoms with Gasteiger partial charge in [-0.25, -0.2) is 0 Å². The topological polar surface area (TPSA) is 230 Å². The molecule has 3 aliphatic rings. The van der Waals surface area contributed by atoms with Gasteiger partial charge in [0.15, 0.2) is 42.9 Å². The molecule has 3 rings (SSSR count). The van der Waals surface area contributed by atoms with Crippen molar-refractivity contribution in [2.45, 2.75) is 123 Å². The van der Waals surface area contributed by atoms with E-state index in [1.807, 2.05) is 0 Å². The summed E-state index contributed by atoms with van der Waals surface area (Å²) in [6.07, 6.45) is -14.4. The quantitative estimate of drug-likeness (QED) is 0.195. The summed E-state index contributed by atoms with van der Waals surface area (Å²) in [4.78, 5) is 83.6. The van der Waals surface area contributed by atoms with Crippen molar-refractivity contribution in [2.24, 2.45) is 0 Å². The van der Waals surface area contributed by atoms with Gasteiger partial charge in [-0.2, -0.15) is 0 Å². The van der Waals surface area contributed by atoms with E-state index in [1.54, 1.807) is 0 Å². The molecular weight excluding hydrogens is 640 g/mol. The lowest BCUT2D eigenvalue weighted by atomic mass is 9.98. The molecule has 3 heterocycles. The minimum atomic E-state index is -2.19. The van der Waals surface area contributed by atoms with E-state index in [0.29, 0.717) is 0 Å². The van der Waals surface area contributed by atoms with Crippen LogP contribution in [0.5, 0.6) is 0 Å². The molecule has 0 saturated carbocycles. The van der Waals surface area contributed by atoms with E-state index in [9.17, 15) is 33.6 Å². The van der Waals surface area contributed by atoms with Gasteiger partial charge in [-0.3, -0.25) is 43.0 Å². The van der Waals surface area contributed by atoms with Crippen molar-refractivity contribution in [2.75, 3.05) is 13.2 Å². The van der Waals surface area contributed by atoms with Gasteiger partial charge < -0.3 is 47.4 Å². The number of carbonyl (C=O) groups is 7. The molecule has 3 saturated heterocycles. The van der Waals surface area contributed by atoms with E-state index in [-0.39, 0.29) is 0 Å². The molecule has 19 nitrogen and oxygen atoms in total. The van der Waals surface area contributed by atoms with Gasteiger partial charge in [0.25, 0.3) is 5.97 Å². The van der Waals surface area contributed by atoms with E-state index in [2.05, 4.69) is 0 Å². The summed E-state index contributed by atoms with van der Waals surface area (Å²) < 4.78 is 66.9. The van der Waals surface area contributed by atoms with E-state index < -0.39 is 122 Å². The third-order valence-electron chi connectivity index (χ3n) is 6.60. The Labute approximate surface area is 268 Å². The molecular formula is C28H38O19. The van der Waals surface area contributed by atoms with Crippen LogP contribution in [0, 0.1) is 0 Å². The molecule has 3 fully saturated rings. The zero-order chi connectivity index (χ0) is 35.2. The van der Waals surface area contributed by atoms with Crippen molar-refractivity contribution in [3.05, 3.63) is 0 Å². The van der Waals surface area contributed by atoms with Crippen molar-refractivity contribution >= 4 is 41.8 Å². The number of fused-ring (bicyclic) bond motifs is 1. The summed E-state index contributed by atoms with van der Waals surface area (Å²) >= 11 is 0. The molecule has 47 heavy (non-hydrogen) atoms. The normalized spacial score (nSPS) is 34.6. The second-order valence-electron chi connectivity index (χ2n) is 10.7. The molecule has 0 spiro atoms. The second-order valence-corrected chi connectivity index (χ2v) is 10.7. The Kier molecular flexibility index (Phi) is 12.6. The summed E-state index contributed by atoms with van der Waals surface area (Å²) in [7, 11) is 0. The monoisotopic (exact) mass is 678 g/mol. The van der Waals surface area contributed by atoms with Crippen LogP contribution in [-0.4, -0.2) is 122 Å². The predicted molar refractivity (Wildman–Crippen MR) is 144 cm³/mol. The molecule has 0 aromatic carbocycles. The molecule has 0 unspecified atom stereocenters. The smallest absolute Gasteiger partial charge is 0.303 e. The van der Waals surface area contributed by atoms with E-state index in [4.69, 9.17) is 56.8 Å². The predicted octanol–water partition coefficient (Wildman–Crippen LogP) is -0.673. The standard InChI is InChI=1S/C28H38O19/c1-11(29)36-9-18-20(38-13(3)31)22(40-15(5)33)24(42-17(7)35)26(43-18)46-28(8)45-25-23(41-16(6)34)21(39-14(4)32)19(10-37-12(2)30)44-27(25)47-28/h18-27H,9-10H2,1-8H3/t18-,19-,20-,21-,22+,23+,24-,25-,26+,27-,28-/m1/s1. The summed E-state index contributed by atoms with van der Waals surface area (Å²) in [5.41, 5.74) is 0. The Bertz CT molecular complexity index is 1220. The van der Waals surface area contributed by atoms with Crippen LogP contribution in [-0.2, 0) is 90.4 Å². The van der Waals surface area contributed by atoms with Gasteiger partial charge >= 0.3 is 41.8 Å². The molecule has 0 amide bonds. The Morgan fingerprint density at radius 3 is 1.38 bits per heavy atom. The highest BCUT2D eigenvalue weighted by Crippen LogP contribution is 2.42. The van der Waals surface area contributed by atoms with Gasteiger partial charge in [0.2, 0.25) is 6.29 Å². The Balaban J connectivity index is 1.99. The lowest BCUT2D eigenvalue weighted by molar-refractivity contribution is -0.420. The average molecular weight is 679 g/mol. The molecule has 0 bridgehead atoms. The number of esters is 7. The number of hydrogen-bond donors (Lipinski definition) is 0. The fraction of sp³-hybridized carbons (Fsp3) is 0.750. The fourth-order valence-electron chi connectivity index (χ4n) is 5.13. The first kappa shape index (κ1) is 37.5. The maximum Gasteiger partial charge on any atom is 0.303 e. The van der Waals surface area contributed by atoms with Crippen LogP contribution in [0.3, 0.4) is 0 Å². The molecule has 0 N–H and O–H groups in total. The van der Waals surface area contributed by atoms with E-state index >= 15 is 0 Å². The molecule has 264 valence electrons. The van der Waals surface area contributed by atoms with Crippen LogP contribution in [0.15, 0.2) is 0 Å². The first-order valence-corrected chi connectivity index (χ1v) is 14.4. The van der Waals surface area contributed by atoms with Crippen LogP contribution in [0.4, 0.5) is 0 Å². The summed E-state index contributed by atoms with van der Waals surface area (Å²) in [6, 6.07) is 0. The van der Waals surface area contributed by atoms with Gasteiger partial charge in [-0.1, -0.05) is 0 Å². The Morgan fingerprint density at radius 2 is 0.915 bits per heavy atom. The van der Waals surface area contributed by atoms with E-state index in [0.717, 1.165) is 48.5 Å². The van der Waals surface area contributed by atoms with Crippen molar-refractivity contribution < 1.29 is 90.4 Å². The lowest BCUT2D eigenvalue weighted by Crippen LogP contribution is -2.64. The number of carbonyl (C=O) groups excluding carboxylic acids is 7. The van der Waals surface area contributed by atoms with E-state index in [1.165, 1.54) is 6.92 Å². The summed E-state index contributed by atoms with van der Waals surface area (Å²) in [5.74, 6) is -7.74. The molecule has 0 aromatic rings. The van der Waals surface area contributed by atoms with Crippen LogP contribution >= 0.6 is 0 Å². The highest BCUT2D eigenvalue weighted by molar-refractivity contribution is 5.69. The zero-order valence-electron chi connectivity index (χ0n) is 26.9. The van der Waals surface area contributed by atoms with Crippen LogP contribution in [0.25, 0.3) is 0 Å². The first-order valence-electron chi connectivity index (χ1n) is 14.4. The third-order valence-corrected chi connectivity index (χ3v) is 6.60. The largest absolute Gasteiger partial charge is 0.463 e. The van der Waals surface area contributed by atoms with Crippen molar-refractivity contribution in [3.8, 4) is 0 Å². The molecule has 0 radical (unpaired) electrons. The molecule has 0 aliphatic carbocycles. The van der Waals surface area contributed by atoms with Crippen LogP contribution < -0.4 is 0 Å². The second kappa shape index (κ2) is 15.8. The van der Waals surface area contributed by atoms with Gasteiger partial charge in [0.05, 0.1) is 0 Å². The number of rotatable bonds is 11. The van der Waals surface area contributed by atoms with Crippen LogP contribution in [0.1, 0.15) is 55.4 Å². The highest BCUT2D eigenvalue weighted by atomic mass is 17.0. The van der Waals surface area contributed by atoms with Crippen molar-refractivity contribution in [1.29, 1.82) is 0 Å². The average Bonchev–Trinajstić information content (AvgIpc) is 3.25. The fourth-order valence-corrected chi connectivity index (χ4v) is 5.13. The first-order chi connectivity index (χ1) is 21.9. The zero-order valence-corrected chi connectivity index (χ0v) is 26.9. The number of ether oxygens (including phenoxy) is 12. The molecule has 11 atom stereocenters. The maximum absolute atomic E-state index is 12.2. The Morgan fingerprint density at radius 1 is 0.511 bits per heavy atom. The Hall–Kier alpha value is -3.91. The van der Waals surface area contributed by atoms with Crippen molar-refractivity contribution in [1.82, 2.24) is 0 Å². The minimum absolute atomic E-state index is 0.436. The molecule has 0 aromatic heterocycles. The van der Waals surface area contributed by atoms with Gasteiger partial charge in [-0.05, 0) is 0 Å². The highest BCUT2D eigenvalue weighted by Gasteiger charge is 2.62. The minimum Gasteiger partial charge on any atom is -0.463 e. The van der Waals surface area contributed by atoms with Gasteiger partial charge in [0, 0.05) is 55.4 Å². The van der Waals surface area contributed by atoms with Gasteiger partial charge in [0.1, 0.15) is 25.4 Å². The summed E-state index contributed by atoms with van der Waals surface area (Å²) in [6.45, 7) is 7.90. The maximum atomic E-state index is 12.2. The molecule has 19 heteroatoms. The van der Waals surface area contributed by atoms with Gasteiger partial charge in [-0.15, -0.1) is 0 Å². The molecule has 3 aliphatic heterocycles. The van der Waals surface area contributed by atoms with Crippen molar-refractivity contribution in [3.63, 3.8) is 0 Å². The number of hydrogen-bond acceptors (Lipinski definition) is 19.